The highest BCUT2D eigenvalue weighted by Gasteiger charge is 2.03. The van der Waals surface area contributed by atoms with E-state index in [0.29, 0.717) is 35.1 Å². The maximum absolute atomic E-state index is 11.5. The molecule has 2 amide bonds. The first-order valence-electron chi connectivity index (χ1n) is 5.70. The Hall–Kier alpha value is -1.46. The van der Waals surface area contributed by atoms with E-state index in [4.69, 9.17) is 28.3 Å². The van der Waals surface area contributed by atoms with Crippen molar-refractivity contribution in [2.24, 2.45) is 0 Å². The SMILES string of the molecule is O=C(O)CCCCNC(=O)Nc1cc(Cl)cc(Cl)c1. The van der Waals surface area contributed by atoms with Crippen LogP contribution in [0, 0.1) is 0 Å². The van der Waals surface area contributed by atoms with Gasteiger partial charge >= 0.3 is 12.0 Å². The third-order valence-corrected chi connectivity index (χ3v) is 2.66. The van der Waals surface area contributed by atoms with Crippen LogP contribution in [-0.2, 0) is 4.79 Å². The zero-order valence-corrected chi connectivity index (χ0v) is 11.6. The maximum Gasteiger partial charge on any atom is 0.319 e. The fourth-order valence-corrected chi connectivity index (χ4v) is 1.93. The first-order chi connectivity index (χ1) is 8.97. The normalized spacial score (nSPS) is 10.0. The van der Waals surface area contributed by atoms with E-state index in [2.05, 4.69) is 10.6 Å². The van der Waals surface area contributed by atoms with Gasteiger partial charge in [-0.1, -0.05) is 23.2 Å². The highest BCUT2D eigenvalue weighted by molar-refractivity contribution is 6.35. The van der Waals surface area contributed by atoms with Crippen LogP contribution in [0.1, 0.15) is 19.3 Å². The van der Waals surface area contributed by atoms with Crippen LogP contribution < -0.4 is 10.6 Å². The third-order valence-electron chi connectivity index (χ3n) is 2.22. The summed E-state index contributed by atoms with van der Waals surface area (Å²) >= 11 is 11.6. The van der Waals surface area contributed by atoms with Crippen molar-refractivity contribution in [2.45, 2.75) is 19.3 Å². The average Bonchev–Trinajstić information content (AvgIpc) is 2.26. The van der Waals surface area contributed by atoms with Crippen LogP contribution in [0.15, 0.2) is 18.2 Å². The second-order valence-corrected chi connectivity index (χ2v) is 4.76. The number of unbranched alkanes of at least 4 members (excludes halogenated alkanes) is 1. The van der Waals surface area contributed by atoms with E-state index in [-0.39, 0.29) is 12.5 Å². The summed E-state index contributed by atoms with van der Waals surface area (Å²) in [6.45, 7) is 0.410. The van der Waals surface area contributed by atoms with Crippen molar-refractivity contribution < 1.29 is 14.7 Å². The molecule has 0 atom stereocenters. The van der Waals surface area contributed by atoms with Crippen molar-refractivity contribution in [3.63, 3.8) is 0 Å². The second kappa shape index (κ2) is 7.86. The summed E-state index contributed by atoms with van der Waals surface area (Å²) in [5.41, 5.74) is 0.500. The molecule has 5 nitrogen and oxygen atoms in total. The summed E-state index contributed by atoms with van der Waals surface area (Å²) in [5.74, 6) is -0.835. The van der Waals surface area contributed by atoms with E-state index in [1.54, 1.807) is 18.2 Å². The van der Waals surface area contributed by atoms with E-state index in [9.17, 15) is 9.59 Å². The van der Waals surface area contributed by atoms with Crippen LogP contribution in [-0.4, -0.2) is 23.7 Å². The monoisotopic (exact) mass is 304 g/mol. The summed E-state index contributed by atoms with van der Waals surface area (Å²) in [7, 11) is 0. The smallest absolute Gasteiger partial charge is 0.319 e. The van der Waals surface area contributed by atoms with Gasteiger partial charge in [-0.15, -0.1) is 0 Å². The predicted molar refractivity (Wildman–Crippen MR) is 75.0 cm³/mol. The lowest BCUT2D eigenvalue weighted by Crippen LogP contribution is -2.29. The number of nitrogens with one attached hydrogen (secondary N) is 2. The summed E-state index contributed by atoms with van der Waals surface area (Å²) in [6, 6.07) is 4.35. The Morgan fingerprint density at radius 1 is 1.11 bits per heavy atom. The predicted octanol–water partition coefficient (Wildman–Crippen LogP) is 3.37. The van der Waals surface area contributed by atoms with Crippen molar-refractivity contribution in [3.8, 4) is 0 Å². The van der Waals surface area contributed by atoms with Gasteiger partial charge in [0.05, 0.1) is 0 Å². The number of hydrogen-bond acceptors (Lipinski definition) is 2. The molecule has 19 heavy (non-hydrogen) atoms. The van der Waals surface area contributed by atoms with Crippen LogP contribution >= 0.6 is 23.2 Å². The third kappa shape index (κ3) is 6.88. The first kappa shape index (κ1) is 15.6. The molecule has 0 aliphatic carbocycles. The number of urea groups is 1. The number of aliphatic carboxylic acids is 1. The molecular weight excluding hydrogens is 291 g/mol. The number of carbonyl (C=O) groups is 2. The van der Waals surface area contributed by atoms with E-state index in [1.807, 2.05) is 0 Å². The van der Waals surface area contributed by atoms with Crippen molar-refractivity contribution in [1.82, 2.24) is 5.32 Å². The van der Waals surface area contributed by atoms with Gasteiger partial charge in [-0.05, 0) is 31.0 Å². The molecule has 0 saturated heterocycles. The van der Waals surface area contributed by atoms with Crippen LogP contribution in [0.2, 0.25) is 10.0 Å². The number of amides is 2. The number of halogens is 2. The Bertz CT molecular complexity index is 446. The maximum atomic E-state index is 11.5. The van der Waals surface area contributed by atoms with Gasteiger partial charge in [0.15, 0.2) is 0 Å². The van der Waals surface area contributed by atoms with Gasteiger partial charge in [-0.3, -0.25) is 4.79 Å². The van der Waals surface area contributed by atoms with E-state index in [0.717, 1.165) is 0 Å². The lowest BCUT2D eigenvalue weighted by molar-refractivity contribution is -0.137. The van der Waals surface area contributed by atoms with Crippen molar-refractivity contribution in [1.29, 1.82) is 0 Å². The summed E-state index contributed by atoms with van der Waals surface area (Å²) in [5, 5.41) is 14.5. The zero-order chi connectivity index (χ0) is 14.3. The minimum absolute atomic E-state index is 0.104. The van der Waals surface area contributed by atoms with Gasteiger partial charge in [0.1, 0.15) is 0 Å². The quantitative estimate of drug-likeness (QED) is 0.705. The lowest BCUT2D eigenvalue weighted by Gasteiger charge is -2.08. The Kier molecular flexibility index (Phi) is 6.45. The Labute approximate surface area is 120 Å². The Morgan fingerprint density at radius 3 is 2.32 bits per heavy atom. The molecule has 0 unspecified atom stereocenters. The minimum Gasteiger partial charge on any atom is -0.481 e. The molecule has 1 aromatic rings. The van der Waals surface area contributed by atoms with Gasteiger partial charge in [-0.25, -0.2) is 4.79 Å². The molecular formula is C12H14Cl2N2O3. The standard InChI is InChI=1S/C12H14Cl2N2O3/c13-8-5-9(14)7-10(6-8)16-12(19)15-4-2-1-3-11(17)18/h5-7H,1-4H2,(H,17,18)(H2,15,16,19). The summed E-state index contributed by atoms with van der Waals surface area (Å²) in [6.07, 6.45) is 1.24. The molecule has 0 aromatic heterocycles. The molecule has 0 fully saturated rings. The molecule has 0 spiro atoms. The fourth-order valence-electron chi connectivity index (χ4n) is 1.40. The van der Waals surface area contributed by atoms with Crippen molar-refractivity contribution >= 4 is 40.9 Å². The van der Waals surface area contributed by atoms with E-state index in [1.165, 1.54) is 0 Å². The van der Waals surface area contributed by atoms with Crippen LogP contribution in [0.3, 0.4) is 0 Å². The molecule has 1 rings (SSSR count). The number of carbonyl (C=O) groups excluding carboxylic acids is 1. The number of carboxylic acids is 1. The molecule has 0 bridgehead atoms. The number of hydrogen-bond donors (Lipinski definition) is 3. The molecule has 7 heteroatoms. The second-order valence-electron chi connectivity index (χ2n) is 3.89. The van der Waals surface area contributed by atoms with Crippen LogP contribution in [0.4, 0.5) is 10.5 Å². The number of rotatable bonds is 6. The molecule has 0 saturated carbocycles. The molecule has 0 radical (unpaired) electrons. The fraction of sp³-hybridized carbons (Fsp3) is 0.333. The largest absolute Gasteiger partial charge is 0.481 e. The molecule has 3 N–H and O–H groups in total. The topological polar surface area (TPSA) is 78.4 Å². The lowest BCUT2D eigenvalue weighted by atomic mass is 10.2. The molecule has 0 heterocycles. The molecule has 1 aromatic carbocycles. The van der Waals surface area contributed by atoms with E-state index >= 15 is 0 Å². The van der Waals surface area contributed by atoms with Gasteiger partial charge in [0, 0.05) is 28.7 Å². The Balaban J connectivity index is 2.29. The van der Waals surface area contributed by atoms with Crippen molar-refractivity contribution in [3.05, 3.63) is 28.2 Å². The molecule has 0 aliphatic rings. The number of benzene rings is 1. The van der Waals surface area contributed by atoms with Gasteiger partial charge in [0.2, 0.25) is 0 Å². The van der Waals surface area contributed by atoms with Gasteiger partial charge < -0.3 is 15.7 Å². The average molecular weight is 305 g/mol. The Morgan fingerprint density at radius 2 is 1.74 bits per heavy atom. The zero-order valence-electron chi connectivity index (χ0n) is 10.1. The summed E-state index contributed by atoms with van der Waals surface area (Å²) < 4.78 is 0. The van der Waals surface area contributed by atoms with Crippen molar-refractivity contribution in [2.75, 3.05) is 11.9 Å². The highest BCUT2D eigenvalue weighted by Crippen LogP contribution is 2.22. The molecule has 0 aliphatic heterocycles. The highest BCUT2D eigenvalue weighted by atomic mass is 35.5. The number of carboxylic acid groups (broad SMARTS) is 1. The van der Waals surface area contributed by atoms with Crippen LogP contribution in [0.25, 0.3) is 0 Å². The number of anilines is 1. The summed E-state index contributed by atoms with van der Waals surface area (Å²) in [4.78, 5) is 21.8. The first-order valence-corrected chi connectivity index (χ1v) is 6.45. The minimum atomic E-state index is -0.835. The van der Waals surface area contributed by atoms with E-state index < -0.39 is 5.97 Å². The van der Waals surface area contributed by atoms with Gasteiger partial charge in [0.25, 0.3) is 0 Å². The van der Waals surface area contributed by atoms with Gasteiger partial charge in [-0.2, -0.15) is 0 Å². The molecule has 104 valence electrons. The van der Waals surface area contributed by atoms with Crippen LogP contribution in [0.5, 0.6) is 0 Å².